The van der Waals surface area contributed by atoms with E-state index in [0.717, 1.165) is 32.4 Å². The third-order valence-electron chi connectivity index (χ3n) is 5.16. The monoisotopic (exact) mass is 311 g/mol. The first-order valence-corrected chi connectivity index (χ1v) is 8.70. The summed E-state index contributed by atoms with van der Waals surface area (Å²) in [6, 6.07) is 0.208. The van der Waals surface area contributed by atoms with Crippen molar-refractivity contribution in [2.75, 3.05) is 19.6 Å². The van der Waals surface area contributed by atoms with E-state index in [1.165, 1.54) is 0 Å². The first-order chi connectivity index (χ1) is 10.3. The lowest BCUT2D eigenvalue weighted by atomic mass is 9.98. The van der Waals surface area contributed by atoms with Crippen molar-refractivity contribution < 1.29 is 9.53 Å². The molecule has 1 aliphatic carbocycles. The van der Waals surface area contributed by atoms with Crippen LogP contribution in [0.1, 0.15) is 53.4 Å². The number of rotatable bonds is 5. The molecule has 3 N–H and O–H groups in total. The number of amides is 1. The molecule has 0 bridgehead atoms. The molecule has 1 heterocycles. The summed E-state index contributed by atoms with van der Waals surface area (Å²) >= 11 is 0. The van der Waals surface area contributed by atoms with Crippen molar-refractivity contribution in [1.82, 2.24) is 10.2 Å². The number of nitrogens with two attached hydrogens (primary N) is 1. The molecule has 2 fully saturated rings. The van der Waals surface area contributed by atoms with Gasteiger partial charge in [-0.15, -0.1) is 0 Å². The van der Waals surface area contributed by atoms with Crippen molar-refractivity contribution in [3.8, 4) is 0 Å². The van der Waals surface area contributed by atoms with Gasteiger partial charge in [0.15, 0.2) is 0 Å². The van der Waals surface area contributed by atoms with Crippen LogP contribution in [0.5, 0.6) is 0 Å². The van der Waals surface area contributed by atoms with Crippen molar-refractivity contribution in [3.63, 3.8) is 0 Å². The van der Waals surface area contributed by atoms with E-state index in [1.807, 2.05) is 0 Å². The number of carbonyl (C=O) groups excluding carboxylic acids is 1. The summed E-state index contributed by atoms with van der Waals surface area (Å²) in [4.78, 5) is 14.6. The average molecular weight is 311 g/mol. The Kier molecular flexibility index (Phi) is 5.86. The van der Waals surface area contributed by atoms with Crippen molar-refractivity contribution in [2.45, 2.75) is 77.2 Å². The number of carbonyl (C=O) groups is 1. The van der Waals surface area contributed by atoms with E-state index in [4.69, 9.17) is 10.5 Å². The first-order valence-electron chi connectivity index (χ1n) is 8.70. The average Bonchev–Trinajstić information content (AvgIpc) is 2.81. The van der Waals surface area contributed by atoms with E-state index in [1.54, 1.807) is 0 Å². The number of hydrogen-bond donors (Lipinski definition) is 2. The molecular weight excluding hydrogens is 278 g/mol. The smallest absolute Gasteiger partial charge is 0.220 e. The summed E-state index contributed by atoms with van der Waals surface area (Å²) in [6.07, 6.45) is 4.38. The van der Waals surface area contributed by atoms with Gasteiger partial charge in [-0.1, -0.05) is 6.42 Å². The Morgan fingerprint density at radius 2 is 1.91 bits per heavy atom. The van der Waals surface area contributed by atoms with Crippen LogP contribution in [0.2, 0.25) is 0 Å². The zero-order chi connectivity index (χ0) is 16.3. The van der Waals surface area contributed by atoms with Crippen molar-refractivity contribution in [3.05, 3.63) is 0 Å². The van der Waals surface area contributed by atoms with Crippen LogP contribution in [0.15, 0.2) is 0 Å². The molecule has 0 radical (unpaired) electrons. The maximum Gasteiger partial charge on any atom is 0.220 e. The normalized spacial score (nSPS) is 33.9. The fourth-order valence-corrected chi connectivity index (χ4v) is 3.73. The van der Waals surface area contributed by atoms with Crippen LogP contribution >= 0.6 is 0 Å². The van der Waals surface area contributed by atoms with Gasteiger partial charge in [-0.05, 0) is 46.5 Å². The SMILES string of the molecule is CC1CN(C(C)(C)CNC(=O)C[C@@H]2CCC[C@H]2N)CC(C)O1. The predicted molar refractivity (Wildman–Crippen MR) is 88.6 cm³/mol. The largest absolute Gasteiger partial charge is 0.373 e. The highest BCUT2D eigenvalue weighted by Crippen LogP contribution is 2.27. The molecule has 2 unspecified atom stereocenters. The Labute approximate surface area is 134 Å². The fraction of sp³-hybridized carbons (Fsp3) is 0.941. The number of hydrogen-bond acceptors (Lipinski definition) is 4. The second-order valence-corrected chi connectivity index (χ2v) is 7.81. The van der Waals surface area contributed by atoms with Gasteiger partial charge in [-0.25, -0.2) is 0 Å². The molecule has 22 heavy (non-hydrogen) atoms. The molecule has 1 aliphatic heterocycles. The molecule has 0 aromatic rings. The van der Waals surface area contributed by atoms with Crippen molar-refractivity contribution in [1.29, 1.82) is 0 Å². The van der Waals surface area contributed by atoms with Gasteiger partial charge in [0.1, 0.15) is 0 Å². The zero-order valence-corrected chi connectivity index (χ0v) is 14.6. The van der Waals surface area contributed by atoms with Gasteiger partial charge in [0, 0.05) is 37.6 Å². The Bertz CT molecular complexity index is 376. The minimum absolute atomic E-state index is 0.0558. The second-order valence-electron chi connectivity index (χ2n) is 7.81. The fourth-order valence-electron chi connectivity index (χ4n) is 3.73. The zero-order valence-electron chi connectivity index (χ0n) is 14.6. The predicted octanol–water partition coefficient (Wildman–Crippen LogP) is 1.51. The third kappa shape index (κ3) is 4.67. The van der Waals surface area contributed by atoms with E-state index in [2.05, 4.69) is 37.9 Å². The molecule has 4 atom stereocenters. The lowest BCUT2D eigenvalue weighted by Gasteiger charge is -2.45. The lowest BCUT2D eigenvalue weighted by Crippen LogP contribution is -2.58. The number of nitrogens with one attached hydrogen (secondary N) is 1. The molecule has 0 aromatic carbocycles. The van der Waals surface area contributed by atoms with E-state index in [-0.39, 0.29) is 29.7 Å². The highest BCUT2D eigenvalue weighted by atomic mass is 16.5. The Morgan fingerprint density at radius 3 is 2.45 bits per heavy atom. The summed E-state index contributed by atoms with van der Waals surface area (Å²) in [6.45, 7) is 11.1. The highest BCUT2D eigenvalue weighted by Gasteiger charge is 2.34. The van der Waals surface area contributed by atoms with Crippen molar-refractivity contribution in [2.24, 2.45) is 11.7 Å². The number of nitrogens with zero attached hydrogens (tertiary/aromatic N) is 1. The van der Waals surface area contributed by atoms with Gasteiger partial charge in [0.25, 0.3) is 0 Å². The highest BCUT2D eigenvalue weighted by molar-refractivity contribution is 5.76. The quantitative estimate of drug-likeness (QED) is 0.807. The van der Waals surface area contributed by atoms with Crippen LogP contribution in [0.25, 0.3) is 0 Å². The van der Waals surface area contributed by atoms with Gasteiger partial charge < -0.3 is 15.8 Å². The molecule has 5 nitrogen and oxygen atoms in total. The topological polar surface area (TPSA) is 67.6 Å². The Balaban J connectivity index is 1.79. The maximum atomic E-state index is 12.2. The summed E-state index contributed by atoms with van der Waals surface area (Å²) in [5, 5.41) is 3.12. The van der Waals surface area contributed by atoms with Crippen LogP contribution in [0, 0.1) is 5.92 Å². The molecule has 5 heteroatoms. The molecule has 1 saturated heterocycles. The lowest BCUT2D eigenvalue weighted by molar-refractivity contribution is -0.123. The van der Waals surface area contributed by atoms with E-state index >= 15 is 0 Å². The standard InChI is InChI=1S/C17H33N3O2/c1-12-9-20(10-13(2)22-12)17(3,4)11-19-16(21)8-14-6-5-7-15(14)18/h12-15H,5-11,18H2,1-4H3,(H,19,21)/t12?,13?,14-,15+/m0/s1. The Hall–Kier alpha value is -0.650. The minimum atomic E-state index is -0.0558. The van der Waals surface area contributed by atoms with Crippen LogP contribution < -0.4 is 11.1 Å². The van der Waals surface area contributed by atoms with Crippen molar-refractivity contribution >= 4 is 5.91 Å². The molecule has 0 spiro atoms. The molecule has 1 saturated carbocycles. The van der Waals surface area contributed by atoms with Crippen LogP contribution in [-0.4, -0.2) is 54.2 Å². The molecule has 1 amide bonds. The van der Waals surface area contributed by atoms with Gasteiger partial charge in [-0.2, -0.15) is 0 Å². The minimum Gasteiger partial charge on any atom is -0.373 e. The van der Waals surface area contributed by atoms with Crippen LogP contribution in [0.4, 0.5) is 0 Å². The molecular formula is C17H33N3O2. The number of ether oxygens (including phenoxy) is 1. The van der Waals surface area contributed by atoms with Crippen LogP contribution in [0.3, 0.4) is 0 Å². The van der Waals surface area contributed by atoms with E-state index in [0.29, 0.717) is 18.9 Å². The summed E-state index contributed by atoms with van der Waals surface area (Å²) < 4.78 is 5.79. The van der Waals surface area contributed by atoms with Gasteiger partial charge in [-0.3, -0.25) is 9.69 Å². The van der Waals surface area contributed by atoms with E-state index < -0.39 is 0 Å². The molecule has 0 aromatic heterocycles. The Morgan fingerprint density at radius 1 is 1.27 bits per heavy atom. The van der Waals surface area contributed by atoms with E-state index in [9.17, 15) is 4.79 Å². The van der Waals surface area contributed by atoms with Gasteiger partial charge >= 0.3 is 0 Å². The molecule has 2 aliphatic rings. The second kappa shape index (κ2) is 7.28. The third-order valence-corrected chi connectivity index (χ3v) is 5.16. The summed E-state index contributed by atoms with van der Waals surface area (Å²) in [7, 11) is 0. The maximum absolute atomic E-state index is 12.2. The van der Waals surface area contributed by atoms with Gasteiger partial charge in [0.2, 0.25) is 5.91 Å². The van der Waals surface area contributed by atoms with Crippen LogP contribution in [-0.2, 0) is 9.53 Å². The molecule has 128 valence electrons. The summed E-state index contributed by atoms with van der Waals surface area (Å²) in [5.41, 5.74) is 6.00. The molecule has 2 rings (SSSR count). The summed E-state index contributed by atoms with van der Waals surface area (Å²) in [5.74, 6) is 0.510. The number of morpholine rings is 1. The van der Waals surface area contributed by atoms with Gasteiger partial charge in [0.05, 0.1) is 12.2 Å². The first kappa shape index (κ1) is 17.7.